The molecule has 0 saturated heterocycles. The first kappa shape index (κ1) is 21.4. The van der Waals surface area contributed by atoms with Crippen LogP contribution in [0.5, 0.6) is 0 Å². The van der Waals surface area contributed by atoms with Gasteiger partial charge in [-0.05, 0) is 43.9 Å². The number of nitrogens with zero attached hydrogens (tertiary/aromatic N) is 4. The number of para-hydroxylation sites is 1. The number of nitrogens with two attached hydrogens (primary N) is 1. The maximum absolute atomic E-state index is 13.6. The van der Waals surface area contributed by atoms with Gasteiger partial charge in [0.15, 0.2) is 0 Å². The van der Waals surface area contributed by atoms with Crippen molar-refractivity contribution in [2.75, 3.05) is 32.2 Å². The number of primary amides is 1. The summed E-state index contributed by atoms with van der Waals surface area (Å²) in [4.78, 5) is 28.9. The number of hydrogen-bond acceptors (Lipinski definition) is 5. The van der Waals surface area contributed by atoms with E-state index in [0.29, 0.717) is 24.3 Å². The first-order valence-corrected chi connectivity index (χ1v) is 9.74. The van der Waals surface area contributed by atoms with Gasteiger partial charge in [-0.3, -0.25) is 14.6 Å². The van der Waals surface area contributed by atoms with Crippen LogP contribution in [0.4, 0.5) is 10.1 Å². The molecule has 30 heavy (non-hydrogen) atoms. The van der Waals surface area contributed by atoms with Gasteiger partial charge in [-0.2, -0.15) is 5.10 Å². The fourth-order valence-corrected chi connectivity index (χ4v) is 3.29. The summed E-state index contributed by atoms with van der Waals surface area (Å²) in [7, 11) is 3.83. The summed E-state index contributed by atoms with van der Waals surface area (Å²) in [5, 5.41) is 5.94. The van der Waals surface area contributed by atoms with Gasteiger partial charge in [0.25, 0.3) is 5.91 Å². The zero-order valence-electron chi connectivity index (χ0n) is 17.2. The minimum absolute atomic E-state index is 0.130. The third-order valence-electron chi connectivity index (χ3n) is 4.87. The lowest BCUT2D eigenvalue weighted by Gasteiger charge is -2.24. The fraction of sp³-hybridized carbons (Fsp3) is 0.318. The van der Waals surface area contributed by atoms with E-state index in [0.717, 1.165) is 0 Å². The van der Waals surface area contributed by atoms with E-state index < -0.39 is 11.9 Å². The largest absolute Gasteiger partial charge is 0.368 e. The predicted molar refractivity (Wildman–Crippen MR) is 114 cm³/mol. The number of carbonyl (C=O) groups excluding carboxylic acids is 2. The van der Waals surface area contributed by atoms with Gasteiger partial charge in [0.1, 0.15) is 17.6 Å². The van der Waals surface area contributed by atoms with Crippen LogP contribution in [0.1, 0.15) is 12.0 Å². The van der Waals surface area contributed by atoms with Crippen LogP contribution >= 0.6 is 0 Å². The van der Waals surface area contributed by atoms with Crippen LogP contribution in [-0.4, -0.2) is 60.6 Å². The molecule has 0 fully saturated rings. The average molecular weight is 411 g/mol. The number of halogens is 1. The second-order valence-electron chi connectivity index (χ2n) is 7.51. The van der Waals surface area contributed by atoms with E-state index in [1.54, 1.807) is 17.0 Å². The summed E-state index contributed by atoms with van der Waals surface area (Å²) in [6.07, 6.45) is 0.130. The second-order valence-corrected chi connectivity index (χ2v) is 7.51. The number of rotatable bonds is 8. The molecule has 8 heteroatoms. The Labute approximate surface area is 175 Å². The molecular weight excluding hydrogens is 385 g/mol. The van der Waals surface area contributed by atoms with Gasteiger partial charge in [-0.1, -0.05) is 30.3 Å². The van der Waals surface area contributed by atoms with Crippen LogP contribution in [0, 0.1) is 5.82 Å². The number of hydrogen-bond donors (Lipinski definition) is 1. The summed E-state index contributed by atoms with van der Waals surface area (Å²) in [6.45, 7) is 1.32. The lowest BCUT2D eigenvalue weighted by molar-refractivity contribution is -0.124. The molecule has 2 aromatic rings. The molecular formula is C22H26FN5O2. The van der Waals surface area contributed by atoms with E-state index in [2.05, 4.69) is 5.10 Å². The molecule has 0 aromatic heterocycles. The first-order valence-electron chi connectivity index (χ1n) is 9.74. The Balaban J connectivity index is 1.85. The van der Waals surface area contributed by atoms with Crippen LogP contribution in [0.15, 0.2) is 59.7 Å². The molecule has 2 aromatic carbocycles. The molecule has 1 atom stereocenters. The van der Waals surface area contributed by atoms with Crippen LogP contribution in [0.25, 0.3) is 0 Å². The Hall–Kier alpha value is -3.26. The Morgan fingerprint density at radius 2 is 1.87 bits per heavy atom. The maximum Gasteiger partial charge on any atom is 0.270 e. The van der Waals surface area contributed by atoms with Crippen molar-refractivity contribution in [2.45, 2.75) is 19.0 Å². The van der Waals surface area contributed by atoms with Crippen molar-refractivity contribution < 1.29 is 14.0 Å². The summed E-state index contributed by atoms with van der Waals surface area (Å²) in [5.74, 6) is -1.18. The highest BCUT2D eigenvalue weighted by atomic mass is 19.1. The Morgan fingerprint density at radius 1 is 1.13 bits per heavy atom. The molecule has 3 rings (SSSR count). The molecule has 158 valence electrons. The van der Waals surface area contributed by atoms with E-state index >= 15 is 0 Å². The number of likely N-dealkylation sites (N-methyl/N-ethyl adjacent to an activating group) is 1. The first-order chi connectivity index (χ1) is 14.3. The van der Waals surface area contributed by atoms with Gasteiger partial charge in [-0.25, -0.2) is 4.39 Å². The summed E-state index contributed by atoms with van der Waals surface area (Å²) in [6, 6.07) is 14.6. The molecule has 2 N–H and O–H groups in total. The van der Waals surface area contributed by atoms with Gasteiger partial charge in [0, 0.05) is 26.1 Å². The molecule has 1 heterocycles. The summed E-state index contributed by atoms with van der Waals surface area (Å²) in [5.41, 5.74) is 7.21. The van der Waals surface area contributed by atoms with Crippen molar-refractivity contribution in [1.29, 1.82) is 0 Å². The molecule has 7 nitrogen and oxygen atoms in total. The van der Waals surface area contributed by atoms with Gasteiger partial charge in [0.2, 0.25) is 5.91 Å². The quantitative estimate of drug-likeness (QED) is 0.719. The summed E-state index contributed by atoms with van der Waals surface area (Å²) >= 11 is 0. The zero-order valence-corrected chi connectivity index (χ0v) is 17.2. The highest BCUT2D eigenvalue weighted by Crippen LogP contribution is 2.25. The maximum atomic E-state index is 13.6. The van der Waals surface area contributed by atoms with Crippen molar-refractivity contribution in [2.24, 2.45) is 10.8 Å². The van der Waals surface area contributed by atoms with Gasteiger partial charge in [-0.15, -0.1) is 0 Å². The van der Waals surface area contributed by atoms with Crippen molar-refractivity contribution in [3.63, 3.8) is 0 Å². The normalized spacial score (nSPS) is 15.9. The minimum Gasteiger partial charge on any atom is -0.368 e. The SMILES string of the molecule is CN(C)CCN(Cc1cccc(F)c1)C(=O)C1=NN(c2ccccc2)C(C(N)=O)C1. The third kappa shape index (κ3) is 5.21. The Morgan fingerprint density at radius 3 is 2.50 bits per heavy atom. The van der Waals surface area contributed by atoms with E-state index in [1.165, 1.54) is 17.1 Å². The molecule has 0 spiro atoms. The van der Waals surface area contributed by atoms with Crippen molar-refractivity contribution in [1.82, 2.24) is 9.80 Å². The molecule has 0 radical (unpaired) electrons. The molecule has 1 aliphatic heterocycles. The average Bonchev–Trinajstić information content (AvgIpc) is 3.17. The van der Waals surface area contributed by atoms with Crippen molar-refractivity contribution >= 4 is 23.2 Å². The second kappa shape index (κ2) is 9.49. The predicted octanol–water partition coefficient (Wildman–Crippen LogP) is 1.84. The Kier molecular flexibility index (Phi) is 6.79. The summed E-state index contributed by atoms with van der Waals surface area (Å²) < 4.78 is 13.6. The standard InChI is InChI=1S/C22H26FN5O2/c1-26(2)11-12-27(15-16-7-6-8-17(23)13-16)22(30)19-14-20(21(24)29)28(25-19)18-9-4-3-5-10-18/h3-10,13,20H,11-12,14-15H2,1-2H3,(H2,24,29). The van der Waals surface area contributed by atoms with E-state index in [-0.39, 0.29) is 30.4 Å². The van der Waals surface area contributed by atoms with E-state index in [9.17, 15) is 14.0 Å². The minimum atomic E-state index is -0.726. The molecule has 0 saturated carbocycles. The lowest BCUT2D eigenvalue weighted by Crippen LogP contribution is -2.41. The number of hydrazone groups is 1. The molecule has 0 aliphatic carbocycles. The van der Waals surface area contributed by atoms with Crippen molar-refractivity contribution in [3.8, 4) is 0 Å². The molecule has 2 amide bonds. The molecule has 1 unspecified atom stereocenters. The van der Waals surface area contributed by atoms with E-state index in [1.807, 2.05) is 49.3 Å². The number of benzene rings is 2. The van der Waals surface area contributed by atoms with Gasteiger partial charge in [0.05, 0.1) is 5.69 Å². The molecule has 1 aliphatic rings. The van der Waals surface area contributed by atoms with Gasteiger partial charge < -0.3 is 15.5 Å². The Bertz CT molecular complexity index is 932. The van der Waals surface area contributed by atoms with Crippen LogP contribution in [0.2, 0.25) is 0 Å². The van der Waals surface area contributed by atoms with Crippen LogP contribution < -0.4 is 10.7 Å². The topological polar surface area (TPSA) is 82.2 Å². The van der Waals surface area contributed by atoms with E-state index in [4.69, 9.17) is 5.73 Å². The third-order valence-corrected chi connectivity index (χ3v) is 4.87. The fourth-order valence-electron chi connectivity index (χ4n) is 3.29. The monoisotopic (exact) mass is 411 g/mol. The number of amides is 2. The zero-order chi connectivity index (χ0) is 21.7. The number of anilines is 1. The lowest BCUT2D eigenvalue weighted by atomic mass is 10.1. The smallest absolute Gasteiger partial charge is 0.270 e. The van der Waals surface area contributed by atoms with Crippen LogP contribution in [-0.2, 0) is 16.1 Å². The highest BCUT2D eigenvalue weighted by molar-refractivity contribution is 6.40. The van der Waals surface area contributed by atoms with Crippen LogP contribution in [0.3, 0.4) is 0 Å². The van der Waals surface area contributed by atoms with Gasteiger partial charge >= 0.3 is 0 Å². The highest BCUT2D eigenvalue weighted by Gasteiger charge is 2.36. The molecule has 0 bridgehead atoms. The number of carbonyl (C=O) groups is 2. The van der Waals surface area contributed by atoms with Crippen molar-refractivity contribution in [3.05, 3.63) is 66.0 Å².